The Morgan fingerprint density at radius 2 is 0.804 bits per heavy atom. The second-order valence-corrected chi connectivity index (χ2v) is 15.2. The highest BCUT2D eigenvalue weighted by Gasteiger charge is 2.07. The lowest BCUT2D eigenvalue weighted by atomic mass is 9.92. The van der Waals surface area contributed by atoms with Gasteiger partial charge >= 0.3 is 0 Å². The summed E-state index contributed by atoms with van der Waals surface area (Å²) in [4.78, 5) is 0. The van der Waals surface area contributed by atoms with E-state index in [1.165, 1.54) is 250 Å². The maximum absolute atomic E-state index is 4.30. The van der Waals surface area contributed by atoms with Crippen LogP contribution < -0.4 is 5.32 Å². The number of nitrogens with one attached hydrogen (secondary N) is 1. The van der Waals surface area contributed by atoms with E-state index < -0.39 is 0 Å². The Morgan fingerprint density at radius 3 is 1.17 bits per heavy atom. The molecule has 0 radical (unpaired) electrons. The molecule has 0 aromatic heterocycles. The van der Waals surface area contributed by atoms with Crippen LogP contribution in [-0.2, 0) is 0 Å². The van der Waals surface area contributed by atoms with Crippen LogP contribution >= 0.6 is 0 Å². The van der Waals surface area contributed by atoms with Gasteiger partial charge in [0.1, 0.15) is 0 Å². The molecule has 274 valence electrons. The zero-order valence-electron chi connectivity index (χ0n) is 32.4. The van der Waals surface area contributed by atoms with Gasteiger partial charge in [0.15, 0.2) is 0 Å². The van der Waals surface area contributed by atoms with E-state index in [9.17, 15) is 0 Å². The van der Waals surface area contributed by atoms with Gasteiger partial charge in [-0.05, 0) is 64.0 Å². The van der Waals surface area contributed by atoms with Crippen LogP contribution in [0.3, 0.4) is 0 Å². The molecule has 1 nitrogen and oxygen atoms in total. The predicted molar refractivity (Wildman–Crippen MR) is 213 cm³/mol. The minimum absolute atomic E-state index is 0.938. The van der Waals surface area contributed by atoms with Crippen molar-refractivity contribution in [3.8, 4) is 0 Å². The van der Waals surface area contributed by atoms with Crippen LogP contribution in [0, 0.1) is 5.92 Å². The van der Waals surface area contributed by atoms with Crippen molar-refractivity contribution in [2.45, 2.75) is 245 Å². The van der Waals surface area contributed by atoms with E-state index >= 15 is 0 Å². The van der Waals surface area contributed by atoms with Crippen molar-refractivity contribution in [3.05, 3.63) is 24.8 Å². The van der Waals surface area contributed by atoms with Crippen LogP contribution in [0.5, 0.6) is 0 Å². The van der Waals surface area contributed by atoms with Crippen molar-refractivity contribution < 1.29 is 0 Å². The van der Waals surface area contributed by atoms with Gasteiger partial charge in [-0.15, -0.1) is 6.58 Å². The molecule has 1 aliphatic rings. The fourth-order valence-electron chi connectivity index (χ4n) is 7.19. The molecule has 1 saturated carbocycles. The third kappa shape index (κ3) is 37.9. The Labute approximate surface area is 293 Å². The molecule has 0 spiro atoms. The third-order valence-corrected chi connectivity index (χ3v) is 10.4. The lowest BCUT2D eigenvalue weighted by Crippen LogP contribution is -2.16. The summed E-state index contributed by atoms with van der Waals surface area (Å²) in [6.07, 6.45) is 53.2. The van der Waals surface area contributed by atoms with Crippen molar-refractivity contribution in [3.63, 3.8) is 0 Å². The average molecular weight is 644 g/mol. The highest BCUT2D eigenvalue weighted by Crippen LogP contribution is 2.23. The summed E-state index contributed by atoms with van der Waals surface area (Å²) in [6, 6.07) is 0. The smallest absolute Gasteiger partial charge is 0.00489 e. The molecular weight excluding hydrogens is 555 g/mol. The molecule has 0 heterocycles. The van der Waals surface area contributed by atoms with Gasteiger partial charge in [0.25, 0.3) is 0 Å². The van der Waals surface area contributed by atoms with Crippen LogP contribution in [0.4, 0.5) is 0 Å². The lowest BCUT2D eigenvalue weighted by molar-refractivity contribution is 0.408. The summed E-state index contributed by atoms with van der Waals surface area (Å²) < 4.78 is 0. The second kappa shape index (κ2) is 40.6. The fourth-order valence-corrected chi connectivity index (χ4v) is 7.19. The topological polar surface area (TPSA) is 12.0 Å². The van der Waals surface area contributed by atoms with Crippen molar-refractivity contribution >= 4 is 0 Å². The Kier molecular flexibility index (Phi) is 40.1. The summed E-state index contributed by atoms with van der Waals surface area (Å²) in [7, 11) is 0. The monoisotopic (exact) mass is 644 g/mol. The fraction of sp³-hybridized carbons (Fsp3) is 0.911. The maximum atomic E-state index is 4.30. The molecule has 1 aliphatic carbocycles. The number of rotatable bonds is 26. The molecule has 1 rings (SSSR count). The Balaban J connectivity index is 0.000000964. The Morgan fingerprint density at radius 1 is 0.478 bits per heavy atom. The molecule has 0 bridgehead atoms. The first kappa shape index (κ1) is 45.4. The molecule has 46 heavy (non-hydrogen) atoms. The lowest BCUT2D eigenvalue weighted by Gasteiger charge is -2.14. The van der Waals surface area contributed by atoms with Crippen molar-refractivity contribution in [1.29, 1.82) is 0 Å². The first-order valence-electron chi connectivity index (χ1n) is 21.7. The van der Waals surface area contributed by atoms with Gasteiger partial charge in [0.2, 0.25) is 0 Å². The summed E-state index contributed by atoms with van der Waals surface area (Å²) in [5, 5.41) is 3.62. The third-order valence-electron chi connectivity index (χ3n) is 10.4. The van der Waals surface area contributed by atoms with E-state index in [0.717, 1.165) is 5.92 Å². The number of hydrogen-bond donors (Lipinski definition) is 1. The zero-order chi connectivity index (χ0) is 33.4. The van der Waals surface area contributed by atoms with E-state index in [0.29, 0.717) is 0 Å². The van der Waals surface area contributed by atoms with Crippen LogP contribution in [0.2, 0.25) is 0 Å². The first-order valence-corrected chi connectivity index (χ1v) is 21.7. The van der Waals surface area contributed by atoms with E-state index in [4.69, 9.17) is 0 Å². The molecule has 0 amide bonds. The minimum atomic E-state index is 0.938. The van der Waals surface area contributed by atoms with Gasteiger partial charge in [-0.2, -0.15) is 0 Å². The van der Waals surface area contributed by atoms with Crippen molar-refractivity contribution in [2.24, 2.45) is 5.92 Å². The number of allylic oxidation sites excluding steroid dienone is 2. The summed E-state index contributed by atoms with van der Waals surface area (Å²) in [6.45, 7) is 15.3. The molecular formula is C45H89N. The highest BCUT2D eigenvalue weighted by molar-refractivity contribution is 4.93. The molecule has 1 N–H and O–H groups in total. The summed E-state index contributed by atoms with van der Waals surface area (Å²) >= 11 is 0. The molecule has 0 aliphatic heterocycles. The standard InChI is InChI=1S/C27H55N.C18H34/c1-4-6-8-10-12-13-15-19-23-27(3)24-20-16-14-18-22-26-28-25-21-17-11-9-7-5-2;1-2-15-18-16-13-11-9-7-5-3-4-6-8-10-12-14-17-18/h28H,3-26H2,1-2H3;2,18H,1,3-17H2. The van der Waals surface area contributed by atoms with E-state index in [-0.39, 0.29) is 0 Å². The quantitative estimate of drug-likeness (QED) is 0.0730. The van der Waals surface area contributed by atoms with Crippen LogP contribution in [0.25, 0.3) is 0 Å². The van der Waals surface area contributed by atoms with Crippen LogP contribution in [0.15, 0.2) is 24.8 Å². The average Bonchev–Trinajstić information content (AvgIpc) is 3.07. The number of hydrogen-bond acceptors (Lipinski definition) is 1. The summed E-state index contributed by atoms with van der Waals surface area (Å²) in [5.74, 6) is 0.938. The molecule has 0 atom stereocenters. The minimum Gasteiger partial charge on any atom is -0.317 e. The number of unbranched alkanes of at least 4 members (excludes halogenated alkanes) is 16. The van der Waals surface area contributed by atoms with Gasteiger partial charge in [-0.25, -0.2) is 0 Å². The molecule has 0 aromatic rings. The van der Waals surface area contributed by atoms with E-state index in [1.54, 1.807) is 0 Å². The van der Waals surface area contributed by atoms with Crippen LogP contribution in [0.1, 0.15) is 245 Å². The van der Waals surface area contributed by atoms with Crippen molar-refractivity contribution in [2.75, 3.05) is 13.1 Å². The highest BCUT2D eigenvalue weighted by atomic mass is 14.8. The SMILES string of the molecule is C=C(CCCCCCCCCC)CCCCCCCNCCCCCCCC.C=CCC1CCCCCCCCCCCCCC1. The van der Waals surface area contributed by atoms with Gasteiger partial charge in [0, 0.05) is 0 Å². The zero-order valence-corrected chi connectivity index (χ0v) is 32.4. The van der Waals surface area contributed by atoms with Gasteiger partial charge < -0.3 is 5.32 Å². The van der Waals surface area contributed by atoms with Gasteiger partial charge in [-0.3, -0.25) is 0 Å². The molecule has 0 unspecified atom stereocenters. The largest absolute Gasteiger partial charge is 0.317 e. The molecule has 1 heteroatoms. The molecule has 1 fully saturated rings. The van der Waals surface area contributed by atoms with E-state index in [2.05, 4.69) is 38.4 Å². The predicted octanol–water partition coefficient (Wildman–Crippen LogP) is 16.0. The van der Waals surface area contributed by atoms with E-state index in [1.807, 2.05) is 0 Å². The normalized spacial score (nSPS) is 15.8. The second-order valence-electron chi connectivity index (χ2n) is 15.2. The Bertz CT molecular complexity index is 564. The Hall–Kier alpha value is -0.560. The molecule has 0 aromatic carbocycles. The molecule has 0 saturated heterocycles. The first-order chi connectivity index (χ1) is 22.7. The van der Waals surface area contributed by atoms with Gasteiger partial charge in [0.05, 0.1) is 0 Å². The van der Waals surface area contributed by atoms with Crippen LogP contribution in [-0.4, -0.2) is 13.1 Å². The van der Waals surface area contributed by atoms with Gasteiger partial charge in [-0.1, -0.05) is 218 Å². The van der Waals surface area contributed by atoms with Crippen molar-refractivity contribution in [1.82, 2.24) is 5.32 Å². The summed E-state index contributed by atoms with van der Waals surface area (Å²) in [5.41, 5.74) is 1.51. The maximum Gasteiger partial charge on any atom is -0.00489 e.